The molecule has 0 unspecified atom stereocenters. The van der Waals surface area contributed by atoms with E-state index in [-0.39, 0.29) is 5.82 Å². The lowest BCUT2D eigenvalue weighted by atomic mass is 10.0. The van der Waals surface area contributed by atoms with Crippen LogP contribution in [0.1, 0.15) is 18.4 Å². The van der Waals surface area contributed by atoms with Crippen molar-refractivity contribution in [2.45, 2.75) is 12.8 Å². The maximum atomic E-state index is 12.7. The van der Waals surface area contributed by atoms with Crippen molar-refractivity contribution in [1.82, 2.24) is 0 Å². The minimum Gasteiger partial charge on any atom is -0.207 e. The van der Waals surface area contributed by atoms with E-state index in [2.05, 4.69) is 6.58 Å². The van der Waals surface area contributed by atoms with Crippen molar-refractivity contribution in [3.05, 3.63) is 54.4 Å². The van der Waals surface area contributed by atoms with Gasteiger partial charge in [-0.25, -0.2) is 4.39 Å². The van der Waals surface area contributed by atoms with E-state index in [1.165, 1.54) is 30.5 Å². The van der Waals surface area contributed by atoms with Crippen molar-refractivity contribution in [3.63, 3.8) is 0 Å². The maximum Gasteiger partial charge on any atom is 0.123 e. The molecule has 0 saturated heterocycles. The van der Waals surface area contributed by atoms with Crippen molar-refractivity contribution in [1.29, 1.82) is 0 Å². The Morgan fingerprint density at radius 1 is 1.29 bits per heavy atom. The van der Waals surface area contributed by atoms with E-state index in [1.807, 2.05) is 18.2 Å². The Morgan fingerprint density at radius 2 is 1.93 bits per heavy atom. The third-order valence-corrected chi connectivity index (χ3v) is 2.49. The van der Waals surface area contributed by atoms with Crippen LogP contribution in [0.4, 0.5) is 4.39 Å². The zero-order valence-corrected chi connectivity index (χ0v) is 8.04. The second-order valence-corrected chi connectivity index (χ2v) is 3.64. The number of allylic oxidation sites excluding steroid dienone is 3. The lowest BCUT2D eigenvalue weighted by Gasteiger charge is -2.04. The van der Waals surface area contributed by atoms with Crippen LogP contribution in [-0.4, -0.2) is 0 Å². The summed E-state index contributed by atoms with van der Waals surface area (Å²) < 4.78 is 12.7. The maximum absolute atomic E-state index is 12.7. The van der Waals surface area contributed by atoms with Gasteiger partial charge in [0.2, 0.25) is 0 Å². The lowest BCUT2D eigenvalue weighted by Crippen LogP contribution is -1.86. The molecule has 72 valence electrons. The molecule has 1 aliphatic rings. The first-order valence-electron chi connectivity index (χ1n) is 4.90. The van der Waals surface area contributed by atoms with Gasteiger partial charge in [0.15, 0.2) is 0 Å². The van der Waals surface area contributed by atoms with Crippen molar-refractivity contribution >= 4 is 5.57 Å². The number of halogens is 1. The summed E-state index contributed by atoms with van der Waals surface area (Å²) in [5.41, 5.74) is 2.41. The van der Waals surface area contributed by atoms with Crippen LogP contribution in [0.25, 0.3) is 5.57 Å². The first-order valence-corrected chi connectivity index (χ1v) is 4.90. The average Bonchev–Trinajstić information content (AvgIpc) is 2.99. The molecule has 0 N–H and O–H groups in total. The zero-order chi connectivity index (χ0) is 9.97. The van der Waals surface area contributed by atoms with Gasteiger partial charge in [0.1, 0.15) is 5.82 Å². The predicted octanol–water partition coefficient (Wildman–Crippen LogP) is 3.81. The summed E-state index contributed by atoms with van der Waals surface area (Å²) in [6.07, 6.45) is 6.33. The molecule has 0 aliphatic heterocycles. The van der Waals surface area contributed by atoms with Crippen molar-refractivity contribution in [3.8, 4) is 0 Å². The van der Waals surface area contributed by atoms with Crippen LogP contribution in [0.15, 0.2) is 43.0 Å². The molecule has 1 aromatic carbocycles. The number of hydrogen-bond acceptors (Lipinski definition) is 0. The normalized spacial score (nSPS) is 16.8. The van der Waals surface area contributed by atoms with Gasteiger partial charge < -0.3 is 0 Å². The van der Waals surface area contributed by atoms with E-state index in [9.17, 15) is 4.39 Å². The SMILES string of the molecule is C=C/C=C(\c1ccc(F)cc1)C1CC1. The van der Waals surface area contributed by atoms with E-state index in [0.29, 0.717) is 5.92 Å². The van der Waals surface area contributed by atoms with Gasteiger partial charge in [0, 0.05) is 0 Å². The summed E-state index contributed by atoms with van der Waals surface area (Å²) in [7, 11) is 0. The molecular weight excluding hydrogens is 175 g/mol. The van der Waals surface area contributed by atoms with Crippen LogP contribution >= 0.6 is 0 Å². The van der Waals surface area contributed by atoms with Crippen LogP contribution in [-0.2, 0) is 0 Å². The van der Waals surface area contributed by atoms with E-state index >= 15 is 0 Å². The Morgan fingerprint density at radius 3 is 2.43 bits per heavy atom. The predicted molar refractivity (Wildman–Crippen MR) is 57.3 cm³/mol. The van der Waals surface area contributed by atoms with Crippen molar-refractivity contribution in [2.24, 2.45) is 5.92 Å². The van der Waals surface area contributed by atoms with Gasteiger partial charge >= 0.3 is 0 Å². The highest BCUT2D eigenvalue weighted by atomic mass is 19.1. The van der Waals surface area contributed by atoms with Crippen LogP contribution in [0.5, 0.6) is 0 Å². The smallest absolute Gasteiger partial charge is 0.123 e. The van der Waals surface area contributed by atoms with Gasteiger partial charge in [-0.1, -0.05) is 30.9 Å². The summed E-state index contributed by atoms with van der Waals surface area (Å²) in [4.78, 5) is 0. The molecule has 1 aromatic rings. The molecule has 0 atom stereocenters. The van der Waals surface area contributed by atoms with Gasteiger partial charge in [0.25, 0.3) is 0 Å². The Balaban J connectivity index is 2.30. The monoisotopic (exact) mass is 188 g/mol. The Kier molecular flexibility index (Phi) is 2.49. The molecule has 0 spiro atoms. The Hall–Kier alpha value is -1.37. The lowest BCUT2D eigenvalue weighted by molar-refractivity contribution is 0.627. The first-order chi connectivity index (χ1) is 6.81. The topological polar surface area (TPSA) is 0 Å². The quantitative estimate of drug-likeness (QED) is 0.633. The molecular formula is C13H13F. The highest BCUT2D eigenvalue weighted by molar-refractivity contribution is 5.70. The average molecular weight is 188 g/mol. The van der Waals surface area contributed by atoms with Gasteiger partial charge in [-0.3, -0.25) is 0 Å². The number of hydrogen-bond donors (Lipinski definition) is 0. The molecule has 0 amide bonds. The van der Waals surface area contributed by atoms with Crippen LogP contribution in [0.3, 0.4) is 0 Å². The molecule has 0 nitrogen and oxygen atoms in total. The van der Waals surface area contributed by atoms with Crippen LogP contribution < -0.4 is 0 Å². The molecule has 1 heteroatoms. The summed E-state index contributed by atoms with van der Waals surface area (Å²) in [6.45, 7) is 3.70. The summed E-state index contributed by atoms with van der Waals surface area (Å²) >= 11 is 0. The van der Waals surface area contributed by atoms with E-state index < -0.39 is 0 Å². The third kappa shape index (κ3) is 1.92. The molecule has 2 rings (SSSR count). The van der Waals surface area contributed by atoms with E-state index in [1.54, 1.807) is 6.08 Å². The third-order valence-electron chi connectivity index (χ3n) is 2.49. The fourth-order valence-corrected chi connectivity index (χ4v) is 1.63. The van der Waals surface area contributed by atoms with Crippen LogP contribution in [0.2, 0.25) is 0 Å². The number of rotatable bonds is 3. The van der Waals surface area contributed by atoms with Gasteiger partial charge in [-0.05, 0) is 42.0 Å². The van der Waals surface area contributed by atoms with E-state index in [0.717, 1.165) is 5.56 Å². The highest BCUT2D eigenvalue weighted by Gasteiger charge is 2.26. The molecule has 1 fully saturated rings. The summed E-state index contributed by atoms with van der Waals surface area (Å²) in [5.74, 6) is 0.487. The fraction of sp³-hybridized carbons (Fsp3) is 0.231. The van der Waals surface area contributed by atoms with Gasteiger partial charge in [-0.15, -0.1) is 0 Å². The molecule has 1 aliphatic carbocycles. The standard InChI is InChI=1S/C13H13F/c1-2-3-13(10-4-5-10)11-6-8-12(14)9-7-11/h2-3,6-10H,1,4-5H2/b13-3-. The largest absolute Gasteiger partial charge is 0.207 e. The van der Waals surface area contributed by atoms with Gasteiger partial charge in [-0.2, -0.15) is 0 Å². The van der Waals surface area contributed by atoms with Crippen molar-refractivity contribution in [2.75, 3.05) is 0 Å². The first kappa shape index (κ1) is 9.20. The second-order valence-electron chi connectivity index (χ2n) is 3.64. The summed E-state index contributed by atoms with van der Waals surface area (Å²) in [6, 6.07) is 6.69. The highest BCUT2D eigenvalue weighted by Crippen LogP contribution is 2.41. The molecule has 0 radical (unpaired) electrons. The van der Waals surface area contributed by atoms with Crippen molar-refractivity contribution < 1.29 is 4.39 Å². The molecule has 1 saturated carbocycles. The molecule has 0 heterocycles. The van der Waals surface area contributed by atoms with Gasteiger partial charge in [0.05, 0.1) is 0 Å². The van der Waals surface area contributed by atoms with E-state index in [4.69, 9.17) is 0 Å². The molecule has 14 heavy (non-hydrogen) atoms. The minimum absolute atomic E-state index is 0.178. The minimum atomic E-state index is -0.178. The Bertz CT molecular complexity index is 355. The fourth-order valence-electron chi connectivity index (χ4n) is 1.63. The Labute approximate surface area is 83.8 Å². The molecule has 0 aromatic heterocycles. The molecule has 0 bridgehead atoms. The zero-order valence-electron chi connectivity index (χ0n) is 8.04. The number of benzene rings is 1. The van der Waals surface area contributed by atoms with Crippen LogP contribution in [0, 0.1) is 11.7 Å². The second kappa shape index (κ2) is 3.79. The summed E-state index contributed by atoms with van der Waals surface area (Å²) in [5, 5.41) is 0.